The van der Waals surface area contributed by atoms with Crippen LogP contribution in [0.3, 0.4) is 0 Å². The van der Waals surface area contributed by atoms with E-state index in [2.05, 4.69) is 0 Å². The van der Waals surface area contributed by atoms with Crippen molar-refractivity contribution in [3.05, 3.63) is 28.7 Å². The number of aryl methyl sites for hydroxylation is 1. The van der Waals surface area contributed by atoms with Gasteiger partial charge in [-0.1, -0.05) is 0 Å². The summed E-state index contributed by atoms with van der Waals surface area (Å²) >= 11 is 5.68. The molecule has 0 radical (unpaired) electrons. The summed E-state index contributed by atoms with van der Waals surface area (Å²) in [6, 6.07) is 5.64. The Bertz CT molecular complexity index is 559. The molecule has 16 heavy (non-hydrogen) atoms. The van der Waals surface area contributed by atoms with Crippen molar-refractivity contribution in [2.75, 3.05) is 24.4 Å². The van der Waals surface area contributed by atoms with E-state index in [-0.39, 0.29) is 5.76 Å². The lowest BCUT2D eigenvalue weighted by Crippen LogP contribution is -2.19. The third-order valence-corrected chi connectivity index (χ3v) is 2.80. The molecule has 1 aromatic heterocycles. The number of oxazole rings is 1. The van der Waals surface area contributed by atoms with Crippen LogP contribution >= 0.6 is 11.6 Å². The molecule has 0 saturated carbocycles. The van der Waals surface area contributed by atoms with Crippen molar-refractivity contribution < 1.29 is 4.42 Å². The van der Waals surface area contributed by atoms with Crippen LogP contribution in [0.25, 0.3) is 11.1 Å². The Morgan fingerprint density at radius 3 is 2.94 bits per heavy atom. The van der Waals surface area contributed by atoms with Gasteiger partial charge in [0.25, 0.3) is 0 Å². The third kappa shape index (κ3) is 1.80. The Kier molecular flexibility index (Phi) is 2.92. The summed E-state index contributed by atoms with van der Waals surface area (Å²) in [5.41, 5.74) is 2.42. The molecule has 0 aliphatic rings. The summed E-state index contributed by atoms with van der Waals surface area (Å²) in [7, 11) is 3.65. The van der Waals surface area contributed by atoms with Crippen LogP contribution in [0.4, 0.5) is 5.69 Å². The number of benzene rings is 1. The molecule has 2 aromatic rings. The predicted octanol–water partition coefficient (Wildman–Crippen LogP) is 1.81. The lowest BCUT2D eigenvalue weighted by atomic mass is 10.2. The van der Waals surface area contributed by atoms with Gasteiger partial charge in [0.15, 0.2) is 5.58 Å². The zero-order chi connectivity index (χ0) is 11.7. The number of rotatable bonds is 3. The SMILES string of the molecule is CN(CCCl)c1ccc2oc(=O)n(C)c2c1. The molecule has 4 nitrogen and oxygen atoms in total. The second-order valence-corrected chi connectivity index (χ2v) is 4.07. The van der Waals surface area contributed by atoms with Gasteiger partial charge in [0.2, 0.25) is 0 Å². The van der Waals surface area contributed by atoms with Gasteiger partial charge in [0, 0.05) is 32.2 Å². The zero-order valence-electron chi connectivity index (χ0n) is 9.24. The van der Waals surface area contributed by atoms with Crippen LogP contribution in [0.15, 0.2) is 27.4 Å². The molecule has 0 aliphatic carbocycles. The van der Waals surface area contributed by atoms with E-state index in [1.54, 1.807) is 13.1 Å². The average Bonchev–Trinajstić information content (AvgIpc) is 2.55. The first kappa shape index (κ1) is 11.1. The van der Waals surface area contributed by atoms with Crippen molar-refractivity contribution in [3.63, 3.8) is 0 Å². The number of halogens is 1. The molecule has 0 bridgehead atoms. The molecule has 1 heterocycles. The lowest BCUT2D eigenvalue weighted by molar-refractivity contribution is 0.528. The van der Waals surface area contributed by atoms with Gasteiger partial charge >= 0.3 is 5.76 Å². The van der Waals surface area contributed by atoms with Crippen molar-refractivity contribution in [2.45, 2.75) is 0 Å². The van der Waals surface area contributed by atoms with Gasteiger partial charge in [-0.3, -0.25) is 4.57 Å². The van der Waals surface area contributed by atoms with Crippen LogP contribution in [-0.2, 0) is 7.05 Å². The highest BCUT2D eigenvalue weighted by molar-refractivity contribution is 6.18. The molecular weight excluding hydrogens is 228 g/mol. The Hall–Kier alpha value is -1.42. The smallest absolute Gasteiger partial charge is 0.408 e. The maximum Gasteiger partial charge on any atom is 0.419 e. The minimum Gasteiger partial charge on any atom is -0.408 e. The summed E-state index contributed by atoms with van der Waals surface area (Å²) < 4.78 is 6.55. The Labute approximate surface area is 98.0 Å². The fourth-order valence-corrected chi connectivity index (χ4v) is 1.86. The molecule has 0 saturated heterocycles. The van der Waals surface area contributed by atoms with Gasteiger partial charge in [-0.05, 0) is 18.2 Å². The summed E-state index contributed by atoms with van der Waals surface area (Å²) in [6.45, 7) is 0.763. The van der Waals surface area contributed by atoms with E-state index < -0.39 is 0 Å². The number of anilines is 1. The Morgan fingerprint density at radius 2 is 2.25 bits per heavy atom. The Morgan fingerprint density at radius 1 is 1.50 bits per heavy atom. The van der Waals surface area contributed by atoms with Gasteiger partial charge < -0.3 is 9.32 Å². The number of aromatic nitrogens is 1. The molecule has 5 heteroatoms. The summed E-state index contributed by atoms with van der Waals surface area (Å²) in [4.78, 5) is 13.3. The summed E-state index contributed by atoms with van der Waals surface area (Å²) in [6.07, 6.45) is 0. The maximum atomic E-state index is 11.3. The van der Waals surface area contributed by atoms with E-state index in [0.717, 1.165) is 17.7 Å². The highest BCUT2D eigenvalue weighted by atomic mass is 35.5. The fourth-order valence-electron chi connectivity index (χ4n) is 1.61. The number of nitrogens with zero attached hydrogens (tertiary/aromatic N) is 2. The number of hydrogen-bond acceptors (Lipinski definition) is 3. The van der Waals surface area contributed by atoms with Gasteiger partial charge in [-0.2, -0.15) is 0 Å². The molecule has 0 aliphatic heterocycles. The van der Waals surface area contributed by atoms with Crippen molar-refractivity contribution in [2.24, 2.45) is 7.05 Å². The average molecular weight is 241 g/mol. The first-order valence-electron chi connectivity index (χ1n) is 5.00. The van der Waals surface area contributed by atoms with Crippen molar-refractivity contribution in [3.8, 4) is 0 Å². The van der Waals surface area contributed by atoms with E-state index in [9.17, 15) is 4.79 Å². The molecule has 86 valence electrons. The number of fused-ring (bicyclic) bond motifs is 1. The van der Waals surface area contributed by atoms with Crippen molar-refractivity contribution >= 4 is 28.4 Å². The summed E-state index contributed by atoms with van der Waals surface area (Å²) in [5, 5.41) is 0. The Balaban J connectivity index is 2.50. The second-order valence-electron chi connectivity index (χ2n) is 3.69. The molecule has 0 spiro atoms. The highest BCUT2D eigenvalue weighted by Gasteiger charge is 2.08. The molecular formula is C11H13ClN2O2. The van der Waals surface area contributed by atoms with E-state index >= 15 is 0 Å². The quantitative estimate of drug-likeness (QED) is 0.768. The van der Waals surface area contributed by atoms with Crippen LogP contribution in [-0.4, -0.2) is 24.0 Å². The van der Waals surface area contributed by atoms with Gasteiger partial charge in [0.05, 0.1) is 5.52 Å². The predicted molar refractivity (Wildman–Crippen MR) is 65.4 cm³/mol. The van der Waals surface area contributed by atoms with Crippen molar-refractivity contribution in [1.29, 1.82) is 0 Å². The molecule has 0 atom stereocenters. The van der Waals surface area contributed by atoms with Crippen LogP contribution < -0.4 is 10.7 Å². The van der Waals surface area contributed by atoms with Gasteiger partial charge in [-0.15, -0.1) is 11.6 Å². The van der Waals surface area contributed by atoms with E-state index in [1.807, 2.05) is 24.1 Å². The minimum atomic E-state index is -0.341. The maximum absolute atomic E-state index is 11.3. The van der Waals surface area contributed by atoms with E-state index in [0.29, 0.717) is 11.5 Å². The van der Waals surface area contributed by atoms with E-state index in [4.69, 9.17) is 16.0 Å². The molecule has 2 rings (SSSR count). The summed E-state index contributed by atoms with van der Waals surface area (Å²) in [5.74, 6) is 0.228. The molecule has 0 unspecified atom stereocenters. The van der Waals surface area contributed by atoms with Crippen LogP contribution in [0.5, 0.6) is 0 Å². The first-order valence-corrected chi connectivity index (χ1v) is 5.53. The molecule has 0 N–H and O–H groups in total. The monoisotopic (exact) mass is 240 g/mol. The highest BCUT2D eigenvalue weighted by Crippen LogP contribution is 2.20. The fraction of sp³-hybridized carbons (Fsp3) is 0.364. The van der Waals surface area contributed by atoms with Gasteiger partial charge in [-0.25, -0.2) is 4.79 Å². The molecule has 0 fully saturated rings. The molecule has 0 amide bonds. The van der Waals surface area contributed by atoms with Crippen LogP contribution in [0.2, 0.25) is 0 Å². The molecule has 1 aromatic carbocycles. The largest absolute Gasteiger partial charge is 0.419 e. The minimum absolute atomic E-state index is 0.341. The lowest BCUT2D eigenvalue weighted by Gasteiger charge is -2.17. The third-order valence-electron chi connectivity index (χ3n) is 2.64. The number of hydrogen-bond donors (Lipinski definition) is 0. The second kappa shape index (κ2) is 4.22. The normalized spacial score (nSPS) is 10.9. The van der Waals surface area contributed by atoms with E-state index in [1.165, 1.54) is 4.57 Å². The zero-order valence-corrected chi connectivity index (χ0v) is 9.99. The standard InChI is InChI=1S/C11H13ClN2O2/c1-13(6-5-12)8-3-4-10-9(7-8)14(2)11(15)16-10/h3-4,7H,5-6H2,1-2H3. The van der Waals surface area contributed by atoms with Crippen LogP contribution in [0, 0.1) is 0 Å². The van der Waals surface area contributed by atoms with Gasteiger partial charge in [0.1, 0.15) is 0 Å². The van der Waals surface area contributed by atoms with Crippen molar-refractivity contribution in [1.82, 2.24) is 4.57 Å². The van der Waals surface area contributed by atoms with Crippen LogP contribution in [0.1, 0.15) is 0 Å². The first-order chi connectivity index (χ1) is 7.63. The number of alkyl halides is 1. The topological polar surface area (TPSA) is 38.4 Å².